The second-order valence-corrected chi connectivity index (χ2v) is 7.58. The Morgan fingerprint density at radius 1 is 1.23 bits per heavy atom. The Balaban J connectivity index is 1.55. The van der Waals surface area contributed by atoms with Crippen LogP contribution in [0, 0.1) is 5.92 Å². The summed E-state index contributed by atoms with van der Waals surface area (Å²) in [5, 5.41) is 8.57. The lowest BCUT2D eigenvalue weighted by atomic mass is 9.96. The Hall–Kier alpha value is -2.02. The molecule has 0 aromatic carbocycles. The number of hydrogen-bond acceptors (Lipinski definition) is 5. The summed E-state index contributed by atoms with van der Waals surface area (Å²) in [4.78, 5) is 19.2. The summed E-state index contributed by atoms with van der Waals surface area (Å²) in [7, 11) is 1.72. The standard InChI is InChI=1S/C19H27N5O2/c1-26-15-11-16(19-22-21-17-12-20-8-9-23(17)19)24(13-15)18(25)10-14-6-4-2-3-5-7-14/h8-9,12,14-16H,2-7,10-11,13H2,1H3/t15-,16+/m1/s1. The molecular formula is C19H27N5O2. The van der Waals surface area contributed by atoms with Gasteiger partial charge < -0.3 is 9.64 Å². The fourth-order valence-electron chi connectivity index (χ4n) is 4.42. The Kier molecular flexibility index (Phi) is 5.15. The van der Waals surface area contributed by atoms with Gasteiger partial charge in [-0.15, -0.1) is 10.2 Å². The van der Waals surface area contributed by atoms with Gasteiger partial charge in [0.2, 0.25) is 5.91 Å². The van der Waals surface area contributed by atoms with Crippen molar-refractivity contribution in [3.05, 3.63) is 24.4 Å². The molecular weight excluding hydrogens is 330 g/mol. The van der Waals surface area contributed by atoms with E-state index in [0.717, 1.165) is 12.2 Å². The number of carbonyl (C=O) groups is 1. The van der Waals surface area contributed by atoms with Crippen LogP contribution in [0.25, 0.3) is 5.65 Å². The molecule has 1 aliphatic heterocycles. The molecule has 4 rings (SSSR count). The quantitative estimate of drug-likeness (QED) is 0.787. The summed E-state index contributed by atoms with van der Waals surface area (Å²) in [5.74, 6) is 1.55. The molecule has 140 valence electrons. The van der Waals surface area contributed by atoms with Gasteiger partial charge in [-0.05, 0) is 18.8 Å². The van der Waals surface area contributed by atoms with Gasteiger partial charge in [-0.3, -0.25) is 14.2 Å². The molecule has 7 nitrogen and oxygen atoms in total. The van der Waals surface area contributed by atoms with E-state index in [1.54, 1.807) is 19.5 Å². The predicted octanol–water partition coefficient (Wildman–Crippen LogP) is 2.77. The number of hydrogen-bond donors (Lipinski definition) is 0. The van der Waals surface area contributed by atoms with E-state index in [2.05, 4.69) is 15.2 Å². The topological polar surface area (TPSA) is 72.6 Å². The van der Waals surface area contributed by atoms with E-state index in [9.17, 15) is 4.79 Å². The normalized spacial score (nSPS) is 24.9. The average molecular weight is 357 g/mol. The number of ether oxygens (including phenoxy) is 1. The second kappa shape index (κ2) is 7.70. The van der Waals surface area contributed by atoms with Crippen LogP contribution >= 0.6 is 0 Å². The van der Waals surface area contributed by atoms with Crippen LogP contribution in [-0.2, 0) is 9.53 Å². The maximum atomic E-state index is 13.1. The van der Waals surface area contributed by atoms with Crippen LogP contribution < -0.4 is 0 Å². The lowest BCUT2D eigenvalue weighted by Gasteiger charge is -2.25. The Morgan fingerprint density at radius 3 is 2.81 bits per heavy atom. The van der Waals surface area contributed by atoms with Crippen LogP contribution in [-0.4, -0.2) is 50.1 Å². The minimum absolute atomic E-state index is 0.0484. The molecule has 2 aromatic rings. The smallest absolute Gasteiger partial charge is 0.223 e. The van der Waals surface area contributed by atoms with E-state index in [0.29, 0.717) is 24.5 Å². The second-order valence-electron chi connectivity index (χ2n) is 7.58. The van der Waals surface area contributed by atoms with E-state index < -0.39 is 0 Å². The molecule has 26 heavy (non-hydrogen) atoms. The van der Waals surface area contributed by atoms with Gasteiger partial charge in [0.1, 0.15) is 0 Å². The summed E-state index contributed by atoms with van der Waals surface area (Å²) in [6.45, 7) is 0.632. The molecule has 2 aliphatic rings. The van der Waals surface area contributed by atoms with Gasteiger partial charge in [0.05, 0.1) is 18.3 Å². The highest BCUT2D eigenvalue weighted by Crippen LogP contribution is 2.35. The molecule has 1 saturated carbocycles. The summed E-state index contributed by atoms with van der Waals surface area (Å²) in [6, 6.07) is -0.0874. The van der Waals surface area contributed by atoms with E-state index in [1.165, 1.54) is 38.5 Å². The van der Waals surface area contributed by atoms with E-state index >= 15 is 0 Å². The fraction of sp³-hybridized carbons (Fsp3) is 0.684. The number of likely N-dealkylation sites (tertiary alicyclic amines) is 1. The van der Waals surface area contributed by atoms with Crippen LogP contribution in [0.4, 0.5) is 0 Å². The average Bonchev–Trinajstić information content (AvgIpc) is 3.19. The van der Waals surface area contributed by atoms with Crippen molar-refractivity contribution < 1.29 is 9.53 Å². The summed E-state index contributed by atoms with van der Waals surface area (Å²) < 4.78 is 7.51. The van der Waals surface area contributed by atoms with Crippen LogP contribution in [0.2, 0.25) is 0 Å². The molecule has 2 fully saturated rings. The summed E-state index contributed by atoms with van der Waals surface area (Å²) in [5.41, 5.74) is 0.708. The maximum absolute atomic E-state index is 13.1. The number of rotatable bonds is 4. The third-order valence-corrected chi connectivity index (χ3v) is 5.89. The molecule has 0 bridgehead atoms. The molecule has 1 amide bonds. The largest absolute Gasteiger partial charge is 0.380 e. The third-order valence-electron chi connectivity index (χ3n) is 5.89. The maximum Gasteiger partial charge on any atom is 0.223 e. The fourth-order valence-corrected chi connectivity index (χ4v) is 4.42. The molecule has 3 heterocycles. The Morgan fingerprint density at radius 2 is 2.04 bits per heavy atom. The molecule has 1 aliphatic carbocycles. The van der Waals surface area contributed by atoms with Crippen molar-refractivity contribution in [3.63, 3.8) is 0 Å². The number of carbonyl (C=O) groups excluding carboxylic acids is 1. The molecule has 2 atom stereocenters. The molecule has 0 N–H and O–H groups in total. The van der Waals surface area contributed by atoms with Crippen LogP contribution in [0.5, 0.6) is 0 Å². The molecule has 7 heteroatoms. The number of fused-ring (bicyclic) bond motifs is 1. The first-order valence-corrected chi connectivity index (χ1v) is 9.73. The molecule has 0 radical (unpaired) electrons. The number of aromatic nitrogens is 4. The van der Waals surface area contributed by atoms with E-state index in [4.69, 9.17) is 4.74 Å². The Labute approximate surface area is 153 Å². The van der Waals surface area contributed by atoms with Crippen LogP contribution in [0.15, 0.2) is 18.6 Å². The lowest BCUT2D eigenvalue weighted by Crippen LogP contribution is -2.34. The number of methoxy groups -OCH3 is 1. The van der Waals surface area contributed by atoms with Crippen LogP contribution in [0.1, 0.15) is 63.2 Å². The lowest BCUT2D eigenvalue weighted by molar-refractivity contribution is -0.133. The molecule has 0 unspecified atom stereocenters. The van der Waals surface area contributed by atoms with Gasteiger partial charge in [0, 0.05) is 38.9 Å². The van der Waals surface area contributed by atoms with Gasteiger partial charge in [0.25, 0.3) is 0 Å². The zero-order chi connectivity index (χ0) is 17.9. The first-order chi connectivity index (χ1) is 12.8. The van der Waals surface area contributed by atoms with Crippen molar-refractivity contribution in [1.29, 1.82) is 0 Å². The highest BCUT2D eigenvalue weighted by molar-refractivity contribution is 5.77. The van der Waals surface area contributed by atoms with E-state index in [-0.39, 0.29) is 18.1 Å². The number of nitrogens with zero attached hydrogens (tertiary/aromatic N) is 5. The highest BCUT2D eigenvalue weighted by atomic mass is 16.5. The Bertz CT molecular complexity index is 753. The van der Waals surface area contributed by atoms with Crippen molar-refractivity contribution in [2.24, 2.45) is 5.92 Å². The van der Waals surface area contributed by atoms with E-state index in [1.807, 2.05) is 15.5 Å². The third kappa shape index (κ3) is 3.45. The highest BCUT2D eigenvalue weighted by Gasteiger charge is 2.39. The molecule has 2 aromatic heterocycles. The van der Waals surface area contributed by atoms with Crippen molar-refractivity contribution in [1.82, 2.24) is 24.5 Å². The molecule has 0 spiro atoms. The first kappa shape index (κ1) is 17.4. The zero-order valence-electron chi connectivity index (χ0n) is 15.4. The SMILES string of the molecule is CO[C@@H]1C[C@@H](c2nnc3cnccn23)N(C(=O)CC2CCCCCC2)C1. The van der Waals surface area contributed by atoms with Crippen molar-refractivity contribution in [3.8, 4) is 0 Å². The van der Waals surface area contributed by atoms with Gasteiger partial charge >= 0.3 is 0 Å². The minimum atomic E-state index is -0.0874. The summed E-state index contributed by atoms with van der Waals surface area (Å²) in [6.07, 6.45) is 14.2. The van der Waals surface area contributed by atoms with Gasteiger partial charge in [0.15, 0.2) is 11.5 Å². The van der Waals surface area contributed by atoms with Gasteiger partial charge in [-0.25, -0.2) is 0 Å². The molecule has 1 saturated heterocycles. The van der Waals surface area contributed by atoms with Gasteiger partial charge in [-0.2, -0.15) is 0 Å². The number of amides is 1. The van der Waals surface area contributed by atoms with Crippen molar-refractivity contribution in [2.45, 2.75) is 63.5 Å². The van der Waals surface area contributed by atoms with Crippen molar-refractivity contribution in [2.75, 3.05) is 13.7 Å². The van der Waals surface area contributed by atoms with Crippen LogP contribution in [0.3, 0.4) is 0 Å². The van der Waals surface area contributed by atoms with Crippen molar-refractivity contribution >= 4 is 11.6 Å². The first-order valence-electron chi connectivity index (χ1n) is 9.73. The summed E-state index contributed by atoms with van der Waals surface area (Å²) >= 11 is 0. The monoisotopic (exact) mass is 357 g/mol. The zero-order valence-corrected chi connectivity index (χ0v) is 15.4. The van der Waals surface area contributed by atoms with Gasteiger partial charge in [-0.1, -0.05) is 25.7 Å². The predicted molar refractivity (Wildman–Crippen MR) is 96.5 cm³/mol. The minimum Gasteiger partial charge on any atom is -0.380 e.